The number of hydrogen-bond acceptors (Lipinski definition) is 5. The van der Waals surface area contributed by atoms with Crippen LogP contribution in [0, 0.1) is 0 Å². The first kappa shape index (κ1) is 12.8. The lowest BCUT2D eigenvalue weighted by molar-refractivity contribution is 0.291. The molecule has 0 saturated carbocycles. The van der Waals surface area contributed by atoms with Crippen molar-refractivity contribution in [2.24, 2.45) is 12.8 Å². The first-order chi connectivity index (χ1) is 8.56. The molecule has 0 fully saturated rings. The molecule has 6 nitrogen and oxygen atoms in total. The number of nitrogens with two attached hydrogens (primary N) is 1. The standard InChI is InChI=1S/C11H14ClN5O/c1-7(13)9-5-8(12)3-4-10(9)18-6-11-14-16-17(2)15-11/h3-5,7H,6,13H2,1-2H3/t7-/m1/s1. The van der Waals surface area contributed by atoms with Crippen molar-refractivity contribution in [1.82, 2.24) is 20.2 Å². The number of aryl methyl sites for hydroxylation is 1. The van der Waals surface area contributed by atoms with Crippen LogP contribution in [0.2, 0.25) is 5.02 Å². The third-order valence-electron chi connectivity index (χ3n) is 2.37. The average molecular weight is 268 g/mol. The van der Waals surface area contributed by atoms with Gasteiger partial charge in [-0.3, -0.25) is 0 Å². The molecule has 2 rings (SSSR count). The molecule has 0 radical (unpaired) electrons. The van der Waals surface area contributed by atoms with Crippen molar-refractivity contribution >= 4 is 11.6 Å². The summed E-state index contributed by atoms with van der Waals surface area (Å²) < 4.78 is 5.64. The van der Waals surface area contributed by atoms with Crippen molar-refractivity contribution < 1.29 is 4.74 Å². The van der Waals surface area contributed by atoms with Gasteiger partial charge in [-0.25, -0.2) is 0 Å². The van der Waals surface area contributed by atoms with E-state index in [1.54, 1.807) is 25.2 Å². The average Bonchev–Trinajstić information content (AvgIpc) is 2.73. The predicted molar refractivity (Wildman–Crippen MR) is 67.2 cm³/mol. The van der Waals surface area contributed by atoms with E-state index in [2.05, 4.69) is 15.4 Å². The van der Waals surface area contributed by atoms with Crippen LogP contribution >= 0.6 is 11.6 Å². The van der Waals surface area contributed by atoms with E-state index < -0.39 is 0 Å². The largest absolute Gasteiger partial charge is 0.485 e. The SMILES string of the molecule is C[C@@H](N)c1cc(Cl)ccc1OCc1nnn(C)n1. The Kier molecular flexibility index (Phi) is 3.78. The van der Waals surface area contributed by atoms with Crippen LogP contribution in [0.15, 0.2) is 18.2 Å². The van der Waals surface area contributed by atoms with Crippen LogP contribution in [0.25, 0.3) is 0 Å². The van der Waals surface area contributed by atoms with Gasteiger partial charge in [0.2, 0.25) is 5.82 Å². The van der Waals surface area contributed by atoms with Crippen molar-refractivity contribution in [3.8, 4) is 5.75 Å². The smallest absolute Gasteiger partial charge is 0.212 e. The van der Waals surface area contributed by atoms with Gasteiger partial charge in [-0.1, -0.05) is 11.6 Å². The summed E-state index contributed by atoms with van der Waals surface area (Å²) in [5.74, 6) is 1.20. The summed E-state index contributed by atoms with van der Waals surface area (Å²) in [7, 11) is 1.70. The maximum atomic E-state index is 5.93. The Balaban J connectivity index is 2.13. The molecule has 0 unspecified atom stereocenters. The van der Waals surface area contributed by atoms with Gasteiger partial charge >= 0.3 is 0 Å². The molecular weight excluding hydrogens is 254 g/mol. The zero-order valence-corrected chi connectivity index (χ0v) is 10.9. The van der Waals surface area contributed by atoms with E-state index in [9.17, 15) is 0 Å². The normalized spacial score (nSPS) is 12.4. The number of nitrogens with zero attached hydrogens (tertiary/aromatic N) is 4. The Hall–Kier alpha value is -1.66. The summed E-state index contributed by atoms with van der Waals surface area (Å²) in [5, 5.41) is 12.2. The van der Waals surface area contributed by atoms with Gasteiger partial charge in [0.15, 0.2) is 6.61 Å². The number of benzene rings is 1. The third kappa shape index (κ3) is 2.96. The lowest BCUT2D eigenvalue weighted by Crippen LogP contribution is -2.08. The van der Waals surface area contributed by atoms with Gasteiger partial charge < -0.3 is 10.5 Å². The van der Waals surface area contributed by atoms with Gasteiger partial charge in [0.25, 0.3) is 0 Å². The minimum Gasteiger partial charge on any atom is -0.485 e. The lowest BCUT2D eigenvalue weighted by Gasteiger charge is -2.13. The summed E-state index contributed by atoms with van der Waals surface area (Å²) >= 11 is 5.93. The van der Waals surface area contributed by atoms with E-state index >= 15 is 0 Å². The van der Waals surface area contributed by atoms with Crippen molar-refractivity contribution in [2.75, 3.05) is 0 Å². The highest BCUT2D eigenvalue weighted by Crippen LogP contribution is 2.27. The van der Waals surface area contributed by atoms with Crippen LogP contribution in [0.1, 0.15) is 24.4 Å². The van der Waals surface area contributed by atoms with Gasteiger partial charge in [0, 0.05) is 16.6 Å². The van der Waals surface area contributed by atoms with E-state index in [0.29, 0.717) is 16.6 Å². The zero-order chi connectivity index (χ0) is 13.1. The fourth-order valence-electron chi connectivity index (χ4n) is 1.53. The second-order valence-electron chi connectivity index (χ2n) is 3.95. The molecule has 0 aliphatic rings. The van der Waals surface area contributed by atoms with E-state index in [-0.39, 0.29) is 12.6 Å². The number of hydrogen-bond donors (Lipinski definition) is 1. The molecule has 7 heteroatoms. The summed E-state index contributed by atoms with van der Waals surface area (Å²) in [6, 6.07) is 5.18. The zero-order valence-electron chi connectivity index (χ0n) is 10.2. The predicted octanol–water partition coefficient (Wildman–Crippen LogP) is 1.46. The van der Waals surface area contributed by atoms with Crippen molar-refractivity contribution in [3.05, 3.63) is 34.6 Å². The molecule has 0 bridgehead atoms. The minimum atomic E-state index is -0.159. The minimum absolute atomic E-state index is 0.159. The quantitative estimate of drug-likeness (QED) is 0.907. The number of ether oxygens (including phenoxy) is 1. The van der Waals surface area contributed by atoms with E-state index in [1.807, 2.05) is 6.92 Å². The Morgan fingerprint density at radius 2 is 2.28 bits per heavy atom. The van der Waals surface area contributed by atoms with Crippen LogP contribution in [0.4, 0.5) is 0 Å². The first-order valence-corrected chi connectivity index (χ1v) is 5.85. The number of aromatic nitrogens is 4. The monoisotopic (exact) mass is 267 g/mol. The van der Waals surface area contributed by atoms with Crippen LogP contribution in [-0.2, 0) is 13.7 Å². The number of tetrazole rings is 1. The maximum absolute atomic E-state index is 5.93. The molecule has 0 saturated heterocycles. The Morgan fingerprint density at radius 1 is 1.50 bits per heavy atom. The molecule has 0 aliphatic carbocycles. The second kappa shape index (κ2) is 5.32. The van der Waals surface area contributed by atoms with E-state index in [4.69, 9.17) is 22.1 Å². The van der Waals surface area contributed by atoms with Crippen molar-refractivity contribution in [3.63, 3.8) is 0 Å². The molecule has 2 aromatic rings. The third-order valence-corrected chi connectivity index (χ3v) is 2.60. The van der Waals surface area contributed by atoms with E-state index in [0.717, 1.165) is 5.56 Å². The van der Waals surface area contributed by atoms with E-state index in [1.165, 1.54) is 4.80 Å². The molecule has 0 amide bonds. The fraction of sp³-hybridized carbons (Fsp3) is 0.364. The van der Waals surface area contributed by atoms with Gasteiger partial charge in [-0.2, -0.15) is 4.80 Å². The summed E-state index contributed by atoms with van der Waals surface area (Å²) in [6.45, 7) is 2.12. The second-order valence-corrected chi connectivity index (χ2v) is 4.39. The Morgan fingerprint density at radius 3 is 2.89 bits per heavy atom. The lowest BCUT2D eigenvalue weighted by atomic mass is 10.1. The maximum Gasteiger partial charge on any atom is 0.212 e. The Bertz CT molecular complexity index is 540. The van der Waals surface area contributed by atoms with Gasteiger partial charge in [0.1, 0.15) is 5.75 Å². The summed E-state index contributed by atoms with van der Waals surface area (Å²) in [4.78, 5) is 1.38. The van der Waals surface area contributed by atoms with Crippen molar-refractivity contribution in [1.29, 1.82) is 0 Å². The van der Waals surface area contributed by atoms with Crippen LogP contribution in [0.3, 0.4) is 0 Å². The van der Waals surface area contributed by atoms with Gasteiger partial charge in [-0.05, 0) is 30.3 Å². The fourth-order valence-corrected chi connectivity index (χ4v) is 1.71. The molecule has 1 atom stereocenters. The van der Waals surface area contributed by atoms with Crippen LogP contribution in [0.5, 0.6) is 5.75 Å². The van der Waals surface area contributed by atoms with Gasteiger partial charge in [0.05, 0.1) is 7.05 Å². The molecule has 0 spiro atoms. The Labute approximate surface area is 110 Å². The number of halogens is 1. The van der Waals surface area contributed by atoms with Crippen LogP contribution in [-0.4, -0.2) is 20.2 Å². The molecular formula is C11H14ClN5O. The highest BCUT2D eigenvalue weighted by atomic mass is 35.5. The molecule has 18 heavy (non-hydrogen) atoms. The summed E-state index contributed by atoms with van der Waals surface area (Å²) in [6.07, 6.45) is 0. The molecule has 2 N–H and O–H groups in total. The first-order valence-electron chi connectivity index (χ1n) is 5.47. The van der Waals surface area contributed by atoms with Crippen LogP contribution < -0.4 is 10.5 Å². The van der Waals surface area contributed by atoms with Gasteiger partial charge in [-0.15, -0.1) is 10.2 Å². The molecule has 96 valence electrons. The highest BCUT2D eigenvalue weighted by molar-refractivity contribution is 6.30. The summed E-state index contributed by atoms with van der Waals surface area (Å²) in [5.41, 5.74) is 6.72. The molecule has 1 heterocycles. The highest BCUT2D eigenvalue weighted by Gasteiger charge is 2.10. The number of rotatable bonds is 4. The van der Waals surface area contributed by atoms with Crippen molar-refractivity contribution in [2.45, 2.75) is 19.6 Å². The molecule has 1 aromatic carbocycles. The topological polar surface area (TPSA) is 78.9 Å². The molecule has 1 aromatic heterocycles. The molecule has 0 aliphatic heterocycles.